The minimum absolute atomic E-state index is 0.267. The average molecular weight is 262 g/mol. The first kappa shape index (κ1) is 12.3. The minimum atomic E-state index is -0.441. The van der Waals surface area contributed by atoms with Gasteiger partial charge in [-0.05, 0) is 25.3 Å². The van der Waals surface area contributed by atoms with Gasteiger partial charge in [-0.1, -0.05) is 0 Å². The lowest BCUT2D eigenvalue weighted by Crippen LogP contribution is -2.40. The van der Waals surface area contributed by atoms with Crippen LogP contribution in [0.4, 0.5) is 5.82 Å². The van der Waals surface area contributed by atoms with Gasteiger partial charge < -0.3 is 15.0 Å². The van der Waals surface area contributed by atoms with Crippen LogP contribution in [0.15, 0.2) is 12.4 Å². The number of carbonyl (C=O) groups is 1. The normalized spacial score (nSPS) is 26.1. The minimum Gasteiger partial charge on any atom is -0.464 e. The van der Waals surface area contributed by atoms with Crippen molar-refractivity contribution in [2.75, 3.05) is 31.6 Å². The van der Waals surface area contributed by atoms with Crippen molar-refractivity contribution in [3.63, 3.8) is 0 Å². The third-order valence-corrected chi connectivity index (χ3v) is 3.94. The van der Waals surface area contributed by atoms with E-state index < -0.39 is 5.97 Å². The zero-order valence-electron chi connectivity index (χ0n) is 11.0. The molecule has 0 amide bonds. The van der Waals surface area contributed by atoms with Gasteiger partial charge in [0.05, 0.1) is 19.5 Å². The highest BCUT2D eigenvalue weighted by Gasteiger charge is 2.35. The van der Waals surface area contributed by atoms with Crippen LogP contribution in [0.5, 0.6) is 0 Å². The molecule has 2 fully saturated rings. The summed E-state index contributed by atoms with van der Waals surface area (Å²) in [5.74, 6) is 1.00. The Balaban J connectivity index is 1.77. The molecule has 6 heteroatoms. The van der Waals surface area contributed by atoms with E-state index in [9.17, 15) is 4.79 Å². The van der Waals surface area contributed by atoms with Crippen LogP contribution in [0, 0.1) is 5.92 Å². The van der Waals surface area contributed by atoms with Gasteiger partial charge in [-0.3, -0.25) is 4.98 Å². The monoisotopic (exact) mass is 262 g/mol. The van der Waals surface area contributed by atoms with Gasteiger partial charge >= 0.3 is 5.97 Å². The van der Waals surface area contributed by atoms with Gasteiger partial charge in [0.2, 0.25) is 0 Å². The number of ether oxygens (including phenoxy) is 1. The lowest BCUT2D eigenvalue weighted by atomic mass is 9.94. The number of aromatic nitrogens is 2. The quantitative estimate of drug-likeness (QED) is 0.781. The van der Waals surface area contributed by atoms with Crippen molar-refractivity contribution < 1.29 is 9.53 Å². The molecule has 0 saturated carbocycles. The summed E-state index contributed by atoms with van der Waals surface area (Å²) < 4.78 is 4.68. The Morgan fingerprint density at radius 3 is 3.16 bits per heavy atom. The lowest BCUT2D eigenvalue weighted by Gasteiger charge is -2.24. The highest BCUT2D eigenvalue weighted by Crippen LogP contribution is 2.27. The molecule has 102 valence electrons. The molecule has 3 heterocycles. The van der Waals surface area contributed by atoms with Crippen LogP contribution in [0.1, 0.15) is 23.3 Å². The first-order chi connectivity index (χ1) is 9.28. The van der Waals surface area contributed by atoms with Crippen molar-refractivity contribution in [3.8, 4) is 0 Å². The van der Waals surface area contributed by atoms with Crippen molar-refractivity contribution in [1.82, 2.24) is 15.3 Å². The summed E-state index contributed by atoms with van der Waals surface area (Å²) in [4.78, 5) is 22.1. The maximum absolute atomic E-state index is 11.5. The number of piperidine rings is 1. The number of hydrogen-bond donors (Lipinski definition) is 1. The smallest absolute Gasteiger partial charge is 0.358 e. The standard InChI is InChI=1S/C13H18N4O2/c1-19-13(18)10-5-14-6-12(16-10)17-7-9-3-2-4-15-11(9)8-17/h5-6,9,11,15H,2-4,7-8H2,1H3. The van der Waals surface area contributed by atoms with Crippen LogP contribution in [-0.2, 0) is 4.74 Å². The Bertz CT molecular complexity index is 465. The number of nitrogens with one attached hydrogen (secondary N) is 1. The van der Waals surface area contributed by atoms with E-state index in [1.54, 1.807) is 6.20 Å². The van der Waals surface area contributed by atoms with E-state index in [1.165, 1.54) is 26.1 Å². The summed E-state index contributed by atoms with van der Waals surface area (Å²) in [5.41, 5.74) is 0.267. The zero-order valence-corrected chi connectivity index (χ0v) is 11.0. The number of hydrogen-bond acceptors (Lipinski definition) is 6. The van der Waals surface area contributed by atoms with E-state index >= 15 is 0 Å². The first-order valence-corrected chi connectivity index (χ1v) is 6.66. The average Bonchev–Trinajstić information content (AvgIpc) is 2.90. The molecule has 2 aliphatic rings. The van der Waals surface area contributed by atoms with Crippen molar-refractivity contribution in [1.29, 1.82) is 0 Å². The third kappa shape index (κ3) is 2.40. The predicted molar refractivity (Wildman–Crippen MR) is 70.1 cm³/mol. The molecule has 19 heavy (non-hydrogen) atoms. The lowest BCUT2D eigenvalue weighted by molar-refractivity contribution is 0.0593. The summed E-state index contributed by atoms with van der Waals surface area (Å²) in [6.45, 7) is 3.02. The molecule has 0 radical (unpaired) electrons. The number of esters is 1. The molecule has 0 aromatic carbocycles. The second-order valence-electron chi connectivity index (χ2n) is 5.12. The Hall–Kier alpha value is -1.69. The molecule has 0 spiro atoms. The number of anilines is 1. The molecule has 0 bridgehead atoms. The van der Waals surface area contributed by atoms with Gasteiger partial charge in [0.25, 0.3) is 0 Å². The van der Waals surface area contributed by atoms with Crippen molar-refractivity contribution >= 4 is 11.8 Å². The number of nitrogens with zero attached hydrogens (tertiary/aromatic N) is 3. The first-order valence-electron chi connectivity index (χ1n) is 6.66. The molecule has 1 N–H and O–H groups in total. The number of rotatable bonds is 2. The molecule has 1 aromatic rings. The van der Waals surface area contributed by atoms with Crippen molar-refractivity contribution in [2.45, 2.75) is 18.9 Å². The van der Waals surface area contributed by atoms with Gasteiger partial charge in [0.15, 0.2) is 5.69 Å². The molecule has 0 aliphatic carbocycles. The van der Waals surface area contributed by atoms with Crippen molar-refractivity contribution in [2.24, 2.45) is 5.92 Å². The highest BCUT2D eigenvalue weighted by molar-refractivity contribution is 5.87. The molecule has 3 rings (SSSR count). The largest absolute Gasteiger partial charge is 0.464 e. The fourth-order valence-electron chi connectivity index (χ4n) is 2.94. The summed E-state index contributed by atoms with van der Waals surface area (Å²) in [7, 11) is 1.35. The molecule has 6 nitrogen and oxygen atoms in total. The van der Waals surface area contributed by atoms with Crippen LogP contribution in [0.25, 0.3) is 0 Å². The fourth-order valence-corrected chi connectivity index (χ4v) is 2.94. The van der Waals surface area contributed by atoms with E-state index in [2.05, 4.69) is 24.9 Å². The molecule has 2 saturated heterocycles. The second kappa shape index (κ2) is 5.13. The van der Waals surface area contributed by atoms with Crippen LogP contribution in [0.2, 0.25) is 0 Å². The third-order valence-electron chi connectivity index (χ3n) is 3.94. The van der Waals surface area contributed by atoms with Gasteiger partial charge in [-0.25, -0.2) is 9.78 Å². The summed E-state index contributed by atoms with van der Waals surface area (Å²) in [5, 5.41) is 3.55. The van der Waals surface area contributed by atoms with E-state index in [1.807, 2.05) is 0 Å². The summed E-state index contributed by atoms with van der Waals surface area (Å²) in [6.07, 6.45) is 5.65. The SMILES string of the molecule is COC(=O)c1cncc(N2CC3CCCNC3C2)n1. The highest BCUT2D eigenvalue weighted by atomic mass is 16.5. The fraction of sp³-hybridized carbons (Fsp3) is 0.615. The zero-order chi connectivity index (χ0) is 13.2. The Labute approximate surface area is 112 Å². The number of carbonyl (C=O) groups excluding carboxylic acids is 1. The van der Waals surface area contributed by atoms with Gasteiger partial charge in [0.1, 0.15) is 5.82 Å². The molecular weight excluding hydrogens is 244 g/mol. The van der Waals surface area contributed by atoms with E-state index in [0.29, 0.717) is 12.0 Å². The van der Waals surface area contributed by atoms with Crippen molar-refractivity contribution in [3.05, 3.63) is 18.1 Å². The Morgan fingerprint density at radius 2 is 2.37 bits per heavy atom. The predicted octanol–water partition coefficient (Wildman–Crippen LogP) is 0.451. The summed E-state index contributed by atoms with van der Waals surface area (Å²) >= 11 is 0. The Morgan fingerprint density at radius 1 is 1.47 bits per heavy atom. The van der Waals surface area contributed by atoms with Gasteiger partial charge in [-0.2, -0.15) is 0 Å². The molecule has 2 aliphatic heterocycles. The number of methoxy groups -OCH3 is 1. The molecule has 2 unspecified atom stereocenters. The molecule has 1 aromatic heterocycles. The van der Waals surface area contributed by atoms with E-state index in [4.69, 9.17) is 0 Å². The Kier molecular flexibility index (Phi) is 3.33. The van der Waals surface area contributed by atoms with Crippen LogP contribution in [0.3, 0.4) is 0 Å². The van der Waals surface area contributed by atoms with Crippen LogP contribution >= 0.6 is 0 Å². The van der Waals surface area contributed by atoms with E-state index in [0.717, 1.165) is 25.5 Å². The van der Waals surface area contributed by atoms with Gasteiger partial charge in [-0.15, -0.1) is 0 Å². The second-order valence-corrected chi connectivity index (χ2v) is 5.12. The number of fused-ring (bicyclic) bond motifs is 1. The molecular formula is C13H18N4O2. The van der Waals surface area contributed by atoms with Gasteiger partial charge in [0, 0.05) is 19.1 Å². The maximum Gasteiger partial charge on any atom is 0.358 e. The molecule has 2 atom stereocenters. The van der Waals surface area contributed by atoms with Crippen LogP contribution in [-0.4, -0.2) is 48.7 Å². The van der Waals surface area contributed by atoms with E-state index in [-0.39, 0.29) is 5.69 Å². The van der Waals surface area contributed by atoms with Crippen LogP contribution < -0.4 is 10.2 Å². The summed E-state index contributed by atoms with van der Waals surface area (Å²) in [6, 6.07) is 0.539. The topological polar surface area (TPSA) is 67.3 Å². The maximum atomic E-state index is 11.5.